The lowest BCUT2D eigenvalue weighted by atomic mass is 9.71. The number of carbonyl (C=O) groups is 2. The Kier molecular flexibility index (Phi) is 5.73. The molecule has 0 aromatic carbocycles. The molecular weight excluding hydrogens is 514 g/mol. The SMILES string of the molecule is C[C@H](c1nc([C@@H]2CN(C(=O)c3cncs3)CC23CN(C(=O)[C@H]2CC2(C)C)C3)no1)n1ccc(C2CCCC2)n1. The largest absolute Gasteiger partial charge is 0.341 e. The van der Waals surface area contributed by atoms with Crippen molar-refractivity contribution < 1.29 is 14.1 Å². The molecule has 39 heavy (non-hydrogen) atoms. The molecule has 0 unspecified atom stereocenters. The summed E-state index contributed by atoms with van der Waals surface area (Å²) in [6, 6.07) is 1.92. The summed E-state index contributed by atoms with van der Waals surface area (Å²) in [7, 11) is 0. The highest BCUT2D eigenvalue weighted by Crippen LogP contribution is 2.55. The first-order valence-corrected chi connectivity index (χ1v) is 15.0. The molecule has 11 heteroatoms. The Morgan fingerprint density at radius 1 is 1.15 bits per heavy atom. The molecule has 0 N–H and O–H groups in total. The topological polar surface area (TPSA) is 110 Å². The van der Waals surface area contributed by atoms with Crippen LogP contribution in [0.15, 0.2) is 28.5 Å². The van der Waals surface area contributed by atoms with Crippen molar-refractivity contribution >= 4 is 23.2 Å². The fourth-order valence-corrected chi connectivity index (χ4v) is 7.52. The molecule has 0 bridgehead atoms. The van der Waals surface area contributed by atoms with Gasteiger partial charge >= 0.3 is 0 Å². The van der Waals surface area contributed by atoms with Crippen molar-refractivity contribution in [3.8, 4) is 0 Å². The van der Waals surface area contributed by atoms with E-state index in [4.69, 9.17) is 14.6 Å². The lowest BCUT2D eigenvalue weighted by Gasteiger charge is -2.50. The minimum absolute atomic E-state index is 0.0273. The van der Waals surface area contributed by atoms with Crippen molar-refractivity contribution in [1.29, 1.82) is 0 Å². The number of likely N-dealkylation sites (tertiary alicyclic amines) is 2. The van der Waals surface area contributed by atoms with E-state index in [-0.39, 0.29) is 40.5 Å². The van der Waals surface area contributed by atoms with Gasteiger partial charge in [-0.2, -0.15) is 10.1 Å². The van der Waals surface area contributed by atoms with Crippen LogP contribution in [-0.2, 0) is 4.79 Å². The normalized spacial score (nSPS) is 26.2. The molecule has 2 amide bonds. The third-order valence-corrected chi connectivity index (χ3v) is 10.4. The van der Waals surface area contributed by atoms with Crippen LogP contribution in [0.2, 0.25) is 0 Å². The summed E-state index contributed by atoms with van der Waals surface area (Å²) < 4.78 is 7.71. The minimum Gasteiger partial charge on any atom is -0.341 e. The number of thiazole rings is 1. The zero-order valence-corrected chi connectivity index (χ0v) is 23.6. The average molecular weight is 550 g/mol. The van der Waals surface area contributed by atoms with Gasteiger partial charge in [-0.25, -0.2) is 0 Å². The van der Waals surface area contributed by atoms with Gasteiger partial charge in [0.05, 0.1) is 23.3 Å². The maximum Gasteiger partial charge on any atom is 0.265 e. The van der Waals surface area contributed by atoms with E-state index in [2.05, 4.69) is 30.1 Å². The van der Waals surface area contributed by atoms with E-state index in [1.165, 1.54) is 37.0 Å². The smallest absolute Gasteiger partial charge is 0.265 e. The average Bonchev–Trinajstić information content (AvgIpc) is 3.63. The van der Waals surface area contributed by atoms with Gasteiger partial charge in [0.15, 0.2) is 5.82 Å². The molecule has 7 rings (SSSR count). The lowest BCUT2D eigenvalue weighted by Crippen LogP contribution is -2.62. The molecule has 3 aromatic heterocycles. The van der Waals surface area contributed by atoms with Gasteiger partial charge in [-0.15, -0.1) is 11.3 Å². The second kappa shape index (κ2) is 8.97. The van der Waals surface area contributed by atoms with Crippen LogP contribution in [0.25, 0.3) is 0 Å². The number of amides is 2. The number of rotatable bonds is 6. The van der Waals surface area contributed by atoms with Crippen LogP contribution in [0.3, 0.4) is 0 Å². The lowest BCUT2D eigenvalue weighted by molar-refractivity contribution is -0.145. The van der Waals surface area contributed by atoms with Crippen molar-refractivity contribution in [2.75, 3.05) is 26.2 Å². The van der Waals surface area contributed by atoms with Gasteiger partial charge in [0.25, 0.3) is 11.8 Å². The fraction of sp³-hybridized carbons (Fsp3) is 0.643. The van der Waals surface area contributed by atoms with Gasteiger partial charge in [-0.05, 0) is 37.7 Å². The van der Waals surface area contributed by atoms with E-state index in [1.807, 2.05) is 27.6 Å². The van der Waals surface area contributed by atoms with E-state index in [9.17, 15) is 9.59 Å². The van der Waals surface area contributed by atoms with Crippen molar-refractivity contribution in [3.05, 3.63) is 46.3 Å². The maximum absolute atomic E-state index is 13.3. The molecule has 3 atom stereocenters. The van der Waals surface area contributed by atoms with Gasteiger partial charge in [-0.1, -0.05) is 31.8 Å². The second-order valence-corrected chi connectivity index (χ2v) is 13.7. The van der Waals surface area contributed by atoms with Gasteiger partial charge in [-0.3, -0.25) is 19.3 Å². The molecule has 3 aromatic rings. The van der Waals surface area contributed by atoms with Crippen LogP contribution in [0.4, 0.5) is 0 Å². The monoisotopic (exact) mass is 549 g/mol. The molecule has 2 saturated heterocycles. The van der Waals surface area contributed by atoms with Crippen LogP contribution >= 0.6 is 11.3 Å². The van der Waals surface area contributed by atoms with E-state index >= 15 is 0 Å². The summed E-state index contributed by atoms with van der Waals surface area (Å²) in [4.78, 5) is 39.8. The Morgan fingerprint density at radius 2 is 1.90 bits per heavy atom. The van der Waals surface area contributed by atoms with Crippen molar-refractivity contribution in [1.82, 2.24) is 34.7 Å². The fourth-order valence-electron chi connectivity index (χ4n) is 6.93. The number of hydrogen-bond donors (Lipinski definition) is 0. The Labute approximate surface area is 231 Å². The Bertz CT molecular complexity index is 1380. The third kappa shape index (κ3) is 4.20. The van der Waals surface area contributed by atoms with Crippen LogP contribution in [-0.4, -0.2) is 72.7 Å². The van der Waals surface area contributed by atoms with Crippen LogP contribution < -0.4 is 0 Å². The molecule has 0 radical (unpaired) electrons. The Hall–Kier alpha value is -3.08. The van der Waals surface area contributed by atoms with Gasteiger partial charge in [0.1, 0.15) is 10.9 Å². The van der Waals surface area contributed by atoms with Crippen LogP contribution in [0, 0.1) is 16.7 Å². The van der Waals surface area contributed by atoms with E-state index < -0.39 is 0 Å². The summed E-state index contributed by atoms with van der Waals surface area (Å²) >= 11 is 1.35. The molecule has 206 valence electrons. The zero-order valence-electron chi connectivity index (χ0n) is 22.7. The molecule has 2 aliphatic carbocycles. The van der Waals surface area contributed by atoms with Gasteiger partial charge in [0, 0.05) is 49.6 Å². The standard InChI is InChI=1S/C28H35N7O3S/c1-17(35-9-8-21(31-35)18-6-4-5-7-18)24-30-23(32-38-24)20-12-33(26(37)22-11-29-16-39-22)13-28(20)14-34(15-28)25(36)19-10-27(19,2)3/h8-9,11,16-20H,4-7,10,12-15H2,1-3H3/t17-,19-,20+/m1/s1. The maximum atomic E-state index is 13.3. The van der Waals surface area contributed by atoms with Gasteiger partial charge in [0.2, 0.25) is 5.91 Å². The van der Waals surface area contributed by atoms with Crippen LogP contribution in [0.1, 0.15) is 97.8 Å². The molecular formula is C28H35N7O3S. The molecule has 2 saturated carbocycles. The molecule has 4 aliphatic rings. The second-order valence-electron chi connectivity index (χ2n) is 12.8. The molecule has 2 aliphatic heterocycles. The highest BCUT2D eigenvalue weighted by Gasteiger charge is 2.61. The summed E-state index contributed by atoms with van der Waals surface area (Å²) in [6.07, 6.45) is 9.51. The predicted octanol–water partition coefficient (Wildman–Crippen LogP) is 4.10. The minimum atomic E-state index is -0.277. The van der Waals surface area contributed by atoms with Crippen molar-refractivity contribution in [2.45, 2.75) is 70.8 Å². The van der Waals surface area contributed by atoms with Crippen LogP contribution in [0.5, 0.6) is 0 Å². The first-order valence-electron chi connectivity index (χ1n) is 14.1. The zero-order chi connectivity index (χ0) is 26.9. The van der Waals surface area contributed by atoms with E-state index in [1.54, 1.807) is 11.7 Å². The molecule has 4 fully saturated rings. The third-order valence-electron chi connectivity index (χ3n) is 9.64. The van der Waals surface area contributed by atoms with Crippen molar-refractivity contribution in [3.63, 3.8) is 0 Å². The predicted molar refractivity (Wildman–Crippen MR) is 143 cm³/mol. The van der Waals surface area contributed by atoms with Crippen molar-refractivity contribution in [2.24, 2.45) is 16.7 Å². The number of hydrogen-bond acceptors (Lipinski definition) is 8. The first kappa shape index (κ1) is 24.9. The molecule has 1 spiro atoms. The Balaban J connectivity index is 1.12. The summed E-state index contributed by atoms with van der Waals surface area (Å²) in [6.45, 7) is 8.60. The Morgan fingerprint density at radius 3 is 2.59 bits per heavy atom. The summed E-state index contributed by atoms with van der Waals surface area (Å²) in [5, 5.41) is 9.27. The summed E-state index contributed by atoms with van der Waals surface area (Å²) in [5.74, 6) is 1.87. The number of aromatic nitrogens is 5. The quantitative estimate of drug-likeness (QED) is 0.455. The molecule has 5 heterocycles. The van der Waals surface area contributed by atoms with Gasteiger partial charge < -0.3 is 14.3 Å². The highest BCUT2D eigenvalue weighted by molar-refractivity contribution is 7.11. The number of nitrogens with zero attached hydrogens (tertiary/aromatic N) is 7. The number of carbonyl (C=O) groups excluding carboxylic acids is 2. The first-order chi connectivity index (χ1) is 18.7. The van der Waals surface area contributed by atoms with E-state index in [0.29, 0.717) is 48.7 Å². The molecule has 10 nitrogen and oxygen atoms in total. The highest BCUT2D eigenvalue weighted by atomic mass is 32.1. The summed E-state index contributed by atoms with van der Waals surface area (Å²) in [5.41, 5.74) is 2.63. The van der Waals surface area contributed by atoms with E-state index in [0.717, 1.165) is 12.1 Å².